The van der Waals surface area contributed by atoms with Crippen LogP contribution in [0.1, 0.15) is 21.9 Å². The molecule has 0 saturated heterocycles. The SMILES string of the molecule is Cc1ncc2n1-c1ccc(F)cc1C(=O)N(C)C2. The van der Waals surface area contributed by atoms with Crippen LogP contribution in [-0.4, -0.2) is 27.4 Å². The average Bonchev–Trinajstić information content (AvgIpc) is 2.65. The van der Waals surface area contributed by atoms with Crippen LogP contribution >= 0.6 is 0 Å². The fraction of sp³-hybridized carbons (Fsp3) is 0.231. The minimum atomic E-state index is -0.406. The molecule has 2 aromatic rings. The van der Waals surface area contributed by atoms with Crippen LogP contribution in [0.5, 0.6) is 0 Å². The van der Waals surface area contributed by atoms with Crippen LogP contribution in [0.15, 0.2) is 24.4 Å². The van der Waals surface area contributed by atoms with Crippen molar-refractivity contribution in [3.8, 4) is 5.69 Å². The fourth-order valence-electron chi connectivity index (χ4n) is 2.33. The lowest BCUT2D eigenvalue weighted by Crippen LogP contribution is -2.24. The molecule has 18 heavy (non-hydrogen) atoms. The largest absolute Gasteiger partial charge is 0.336 e. The first kappa shape index (κ1) is 11.0. The maximum absolute atomic E-state index is 13.3. The summed E-state index contributed by atoms with van der Waals surface area (Å²) in [5, 5.41) is 0. The molecule has 1 aliphatic heterocycles. The highest BCUT2D eigenvalue weighted by Crippen LogP contribution is 2.25. The van der Waals surface area contributed by atoms with E-state index in [2.05, 4.69) is 4.98 Å². The summed E-state index contributed by atoms with van der Waals surface area (Å²) in [4.78, 5) is 18.0. The quantitative estimate of drug-likeness (QED) is 0.711. The minimum absolute atomic E-state index is 0.174. The molecule has 0 aliphatic carbocycles. The van der Waals surface area contributed by atoms with Gasteiger partial charge in [0.25, 0.3) is 5.91 Å². The molecule has 0 fully saturated rings. The molecule has 5 heteroatoms. The van der Waals surface area contributed by atoms with Crippen molar-refractivity contribution in [2.24, 2.45) is 0 Å². The van der Waals surface area contributed by atoms with Crippen LogP contribution in [0.3, 0.4) is 0 Å². The first-order valence-corrected chi connectivity index (χ1v) is 5.66. The van der Waals surface area contributed by atoms with Gasteiger partial charge in [-0.1, -0.05) is 0 Å². The zero-order valence-corrected chi connectivity index (χ0v) is 10.1. The van der Waals surface area contributed by atoms with Gasteiger partial charge < -0.3 is 4.90 Å². The Morgan fingerprint density at radius 2 is 2.17 bits per heavy atom. The molecule has 1 aromatic carbocycles. The van der Waals surface area contributed by atoms with Gasteiger partial charge in [-0.15, -0.1) is 0 Å². The van der Waals surface area contributed by atoms with E-state index in [1.54, 1.807) is 24.2 Å². The molecule has 0 unspecified atom stereocenters. The van der Waals surface area contributed by atoms with E-state index in [0.29, 0.717) is 17.8 Å². The summed E-state index contributed by atoms with van der Waals surface area (Å²) in [5.74, 6) is 0.213. The zero-order chi connectivity index (χ0) is 12.9. The van der Waals surface area contributed by atoms with Gasteiger partial charge in [0.2, 0.25) is 0 Å². The molecule has 0 spiro atoms. The maximum Gasteiger partial charge on any atom is 0.256 e. The number of hydrogen-bond donors (Lipinski definition) is 0. The van der Waals surface area contributed by atoms with E-state index in [4.69, 9.17) is 0 Å². The van der Waals surface area contributed by atoms with Crippen molar-refractivity contribution in [2.75, 3.05) is 7.05 Å². The molecule has 4 nitrogen and oxygen atoms in total. The number of aromatic nitrogens is 2. The highest BCUT2D eigenvalue weighted by atomic mass is 19.1. The van der Waals surface area contributed by atoms with E-state index in [9.17, 15) is 9.18 Å². The Balaban J connectivity index is 2.35. The molecule has 1 amide bonds. The predicted octanol–water partition coefficient (Wildman–Crippen LogP) is 1.91. The van der Waals surface area contributed by atoms with Gasteiger partial charge in [-0.05, 0) is 25.1 Å². The molecule has 1 aliphatic rings. The van der Waals surface area contributed by atoms with E-state index in [1.165, 1.54) is 12.1 Å². The first-order chi connectivity index (χ1) is 8.58. The molecule has 0 N–H and O–H groups in total. The van der Waals surface area contributed by atoms with Crippen LogP contribution in [0.25, 0.3) is 5.69 Å². The van der Waals surface area contributed by atoms with Crippen molar-refractivity contribution in [1.82, 2.24) is 14.5 Å². The van der Waals surface area contributed by atoms with E-state index in [1.807, 2.05) is 11.5 Å². The minimum Gasteiger partial charge on any atom is -0.336 e. The summed E-state index contributed by atoms with van der Waals surface area (Å²) in [6.07, 6.45) is 1.75. The van der Waals surface area contributed by atoms with E-state index < -0.39 is 5.82 Å². The third-order valence-electron chi connectivity index (χ3n) is 3.19. The number of fused-ring (bicyclic) bond motifs is 3. The molecule has 0 radical (unpaired) electrons. The number of nitrogens with zero attached hydrogens (tertiary/aromatic N) is 3. The van der Waals surface area contributed by atoms with Gasteiger partial charge >= 0.3 is 0 Å². The normalized spacial score (nSPS) is 14.2. The third-order valence-corrected chi connectivity index (χ3v) is 3.19. The van der Waals surface area contributed by atoms with E-state index >= 15 is 0 Å². The standard InChI is InChI=1S/C13H12FN3O/c1-8-15-6-10-7-16(2)13(18)11-5-9(14)3-4-12(11)17(8)10/h3-6H,7H2,1-2H3. The Labute approximate surface area is 104 Å². The smallest absolute Gasteiger partial charge is 0.256 e. The van der Waals surface area contributed by atoms with E-state index in [0.717, 1.165) is 11.5 Å². The molecule has 1 aromatic heterocycles. The number of carbonyl (C=O) groups is 1. The van der Waals surface area contributed by atoms with Crippen LogP contribution in [0.2, 0.25) is 0 Å². The lowest BCUT2D eigenvalue weighted by Gasteiger charge is -2.13. The summed E-state index contributed by atoms with van der Waals surface area (Å²) in [5.41, 5.74) is 1.99. The van der Waals surface area contributed by atoms with Crippen LogP contribution in [-0.2, 0) is 6.54 Å². The number of rotatable bonds is 0. The summed E-state index contributed by atoms with van der Waals surface area (Å²) in [6, 6.07) is 4.27. The zero-order valence-electron chi connectivity index (χ0n) is 10.1. The lowest BCUT2D eigenvalue weighted by atomic mass is 10.1. The van der Waals surface area contributed by atoms with Gasteiger partial charge in [0.15, 0.2) is 0 Å². The van der Waals surface area contributed by atoms with Gasteiger partial charge in [0, 0.05) is 7.05 Å². The molecule has 3 rings (SSSR count). The molecule has 0 bridgehead atoms. The number of amides is 1. The third kappa shape index (κ3) is 1.44. The Kier molecular flexibility index (Phi) is 2.23. The van der Waals surface area contributed by atoms with Crippen molar-refractivity contribution < 1.29 is 9.18 Å². The van der Waals surface area contributed by atoms with Crippen LogP contribution in [0.4, 0.5) is 4.39 Å². The monoisotopic (exact) mass is 245 g/mol. The predicted molar refractivity (Wildman–Crippen MR) is 64.1 cm³/mol. The number of aryl methyl sites for hydroxylation is 1. The second-order valence-electron chi connectivity index (χ2n) is 4.45. The Hall–Kier alpha value is -2.17. The van der Waals surface area contributed by atoms with Crippen molar-refractivity contribution in [1.29, 1.82) is 0 Å². The van der Waals surface area contributed by atoms with Gasteiger partial charge in [-0.2, -0.15) is 0 Å². The summed E-state index contributed by atoms with van der Waals surface area (Å²) >= 11 is 0. The van der Waals surface area contributed by atoms with E-state index in [-0.39, 0.29) is 5.91 Å². The summed E-state index contributed by atoms with van der Waals surface area (Å²) in [7, 11) is 1.70. The second-order valence-corrected chi connectivity index (χ2v) is 4.45. The topological polar surface area (TPSA) is 38.1 Å². The fourth-order valence-corrected chi connectivity index (χ4v) is 2.33. The Bertz CT molecular complexity index is 648. The molecule has 2 heterocycles. The summed E-state index contributed by atoms with van der Waals surface area (Å²) < 4.78 is 15.2. The highest BCUT2D eigenvalue weighted by Gasteiger charge is 2.25. The molecule has 0 atom stereocenters. The Morgan fingerprint density at radius 1 is 1.39 bits per heavy atom. The average molecular weight is 245 g/mol. The second kappa shape index (κ2) is 3.66. The first-order valence-electron chi connectivity index (χ1n) is 5.66. The van der Waals surface area contributed by atoms with Crippen molar-refractivity contribution in [2.45, 2.75) is 13.5 Å². The molecular weight excluding hydrogens is 233 g/mol. The number of benzene rings is 1. The molecule has 92 valence electrons. The number of imidazole rings is 1. The van der Waals surface area contributed by atoms with Crippen molar-refractivity contribution in [3.05, 3.63) is 47.3 Å². The van der Waals surface area contributed by atoms with Gasteiger partial charge in [0.05, 0.1) is 29.7 Å². The highest BCUT2D eigenvalue weighted by molar-refractivity contribution is 5.98. The maximum atomic E-state index is 13.3. The van der Waals surface area contributed by atoms with Crippen LogP contribution < -0.4 is 0 Å². The number of halogens is 1. The van der Waals surface area contributed by atoms with Crippen LogP contribution in [0, 0.1) is 12.7 Å². The van der Waals surface area contributed by atoms with Gasteiger partial charge in [0.1, 0.15) is 11.6 Å². The van der Waals surface area contributed by atoms with Crippen molar-refractivity contribution >= 4 is 5.91 Å². The Morgan fingerprint density at radius 3 is 2.94 bits per heavy atom. The summed E-state index contributed by atoms with van der Waals surface area (Å²) in [6.45, 7) is 2.34. The van der Waals surface area contributed by atoms with Gasteiger partial charge in [-0.3, -0.25) is 9.36 Å². The van der Waals surface area contributed by atoms with Gasteiger partial charge in [-0.25, -0.2) is 9.37 Å². The lowest BCUT2D eigenvalue weighted by molar-refractivity contribution is 0.0787. The van der Waals surface area contributed by atoms with Crippen molar-refractivity contribution in [3.63, 3.8) is 0 Å². The number of carbonyl (C=O) groups excluding carboxylic acids is 1. The molecular formula is C13H12FN3O. The molecule has 0 saturated carbocycles. The number of hydrogen-bond acceptors (Lipinski definition) is 2.